The van der Waals surface area contributed by atoms with Gasteiger partial charge in [-0.15, -0.1) is 0 Å². The van der Waals surface area contributed by atoms with Crippen LogP contribution in [0.2, 0.25) is 0 Å². The van der Waals surface area contributed by atoms with Gasteiger partial charge in [-0.3, -0.25) is 0 Å². The molecule has 0 aliphatic heterocycles. The van der Waals surface area contributed by atoms with Crippen molar-refractivity contribution in [2.75, 3.05) is 0 Å². The van der Waals surface area contributed by atoms with Crippen molar-refractivity contribution in [3.63, 3.8) is 0 Å². The molecular formula is C9H8F2N2O. The van der Waals surface area contributed by atoms with Gasteiger partial charge in [-0.25, -0.2) is 13.8 Å². The number of pyridine rings is 1. The lowest BCUT2D eigenvalue weighted by Crippen LogP contribution is -2.07. The molecule has 0 amide bonds. The number of aromatic amines is 1. The minimum Gasteiger partial charge on any atom is -0.382 e. The molecule has 2 heterocycles. The number of nitrogens with one attached hydrogen (secondary N) is 1. The third kappa shape index (κ3) is 1.35. The van der Waals surface area contributed by atoms with Crippen LogP contribution in [0.1, 0.15) is 11.7 Å². The highest BCUT2D eigenvalue weighted by Crippen LogP contribution is 2.26. The van der Waals surface area contributed by atoms with Crippen molar-refractivity contribution in [2.24, 2.45) is 0 Å². The second kappa shape index (κ2) is 3.34. The second-order valence-electron chi connectivity index (χ2n) is 2.92. The minimum atomic E-state index is -2.78. The first-order chi connectivity index (χ1) is 6.70. The monoisotopic (exact) mass is 198 g/mol. The van der Waals surface area contributed by atoms with Crippen LogP contribution >= 0.6 is 0 Å². The quantitative estimate of drug-likeness (QED) is 0.773. The van der Waals surface area contributed by atoms with E-state index in [2.05, 4.69) is 9.97 Å². The van der Waals surface area contributed by atoms with Crippen LogP contribution in [0.5, 0.6) is 0 Å². The van der Waals surface area contributed by atoms with Crippen molar-refractivity contribution in [3.8, 4) is 0 Å². The molecule has 0 saturated heterocycles. The Morgan fingerprint density at radius 1 is 1.43 bits per heavy atom. The third-order valence-electron chi connectivity index (χ3n) is 2.04. The highest BCUT2D eigenvalue weighted by molar-refractivity contribution is 5.79. The van der Waals surface area contributed by atoms with E-state index in [0.29, 0.717) is 11.0 Å². The number of rotatable bonds is 2. The van der Waals surface area contributed by atoms with Gasteiger partial charge in [0.2, 0.25) is 0 Å². The Morgan fingerprint density at radius 3 is 2.93 bits per heavy atom. The highest BCUT2D eigenvalue weighted by atomic mass is 19.3. The number of hydrogen-bond donors (Lipinski definition) is 2. The van der Waals surface area contributed by atoms with Crippen LogP contribution in [0.15, 0.2) is 24.5 Å². The van der Waals surface area contributed by atoms with Crippen molar-refractivity contribution in [2.45, 2.75) is 12.5 Å². The molecule has 5 heteroatoms. The smallest absolute Gasteiger partial charge is 0.268 e. The molecule has 2 rings (SSSR count). The number of hydrogen-bond acceptors (Lipinski definition) is 2. The second-order valence-corrected chi connectivity index (χ2v) is 2.92. The summed E-state index contributed by atoms with van der Waals surface area (Å²) in [6.45, 7) is 0. The summed E-state index contributed by atoms with van der Waals surface area (Å²) >= 11 is 0. The van der Waals surface area contributed by atoms with Gasteiger partial charge >= 0.3 is 0 Å². The average Bonchev–Trinajstić information content (AvgIpc) is 2.60. The molecule has 1 atom stereocenters. The Balaban J connectivity index is 2.53. The molecule has 0 aromatic carbocycles. The standard InChI is InChI=1S/C9H8F2N2O/c10-8(11)7(14)6-4-13-9-5(6)2-1-3-12-9/h1-4,7-8,14H,(H,12,13). The van der Waals surface area contributed by atoms with Crippen LogP contribution in [0, 0.1) is 0 Å². The fourth-order valence-corrected chi connectivity index (χ4v) is 1.36. The number of H-pyrrole nitrogens is 1. The number of alkyl halides is 2. The van der Waals surface area contributed by atoms with E-state index in [4.69, 9.17) is 0 Å². The van der Waals surface area contributed by atoms with Gasteiger partial charge in [0.1, 0.15) is 11.8 Å². The van der Waals surface area contributed by atoms with Gasteiger partial charge in [-0.2, -0.15) is 0 Å². The van der Waals surface area contributed by atoms with Gasteiger partial charge in [0.25, 0.3) is 6.43 Å². The normalized spacial score (nSPS) is 13.7. The summed E-state index contributed by atoms with van der Waals surface area (Å²) < 4.78 is 24.5. The lowest BCUT2D eigenvalue weighted by Gasteiger charge is -2.06. The molecule has 3 nitrogen and oxygen atoms in total. The predicted octanol–water partition coefficient (Wildman–Crippen LogP) is 1.86. The predicted molar refractivity (Wildman–Crippen MR) is 47.1 cm³/mol. The van der Waals surface area contributed by atoms with Crippen molar-refractivity contribution in [1.82, 2.24) is 9.97 Å². The van der Waals surface area contributed by atoms with Crippen molar-refractivity contribution < 1.29 is 13.9 Å². The van der Waals surface area contributed by atoms with Gasteiger partial charge in [0, 0.05) is 23.3 Å². The van der Waals surface area contributed by atoms with Crippen molar-refractivity contribution in [3.05, 3.63) is 30.1 Å². The third-order valence-corrected chi connectivity index (χ3v) is 2.04. The zero-order chi connectivity index (χ0) is 10.1. The molecule has 0 aliphatic carbocycles. The van der Waals surface area contributed by atoms with E-state index in [1.165, 1.54) is 6.20 Å². The molecule has 0 bridgehead atoms. The molecule has 0 radical (unpaired) electrons. The lowest BCUT2D eigenvalue weighted by molar-refractivity contribution is -0.00494. The van der Waals surface area contributed by atoms with Crippen LogP contribution in [-0.4, -0.2) is 21.5 Å². The molecule has 0 aliphatic rings. The molecule has 0 saturated carbocycles. The van der Waals surface area contributed by atoms with Crippen LogP contribution in [0.4, 0.5) is 8.78 Å². The maximum Gasteiger partial charge on any atom is 0.268 e. The van der Waals surface area contributed by atoms with E-state index < -0.39 is 12.5 Å². The van der Waals surface area contributed by atoms with Crippen LogP contribution in [-0.2, 0) is 0 Å². The van der Waals surface area contributed by atoms with Gasteiger partial charge in [0.05, 0.1) is 0 Å². The van der Waals surface area contributed by atoms with E-state index in [0.717, 1.165) is 0 Å². The molecule has 1 unspecified atom stereocenters. The molecule has 2 aromatic heterocycles. The molecule has 0 spiro atoms. The van der Waals surface area contributed by atoms with Crippen LogP contribution in [0.25, 0.3) is 11.0 Å². The molecule has 14 heavy (non-hydrogen) atoms. The number of halogens is 2. The Kier molecular flexibility index (Phi) is 2.17. The number of aliphatic hydroxyl groups excluding tert-OH is 1. The van der Waals surface area contributed by atoms with E-state index in [-0.39, 0.29) is 5.56 Å². The zero-order valence-corrected chi connectivity index (χ0v) is 7.11. The summed E-state index contributed by atoms with van der Waals surface area (Å²) in [5, 5.41) is 9.71. The minimum absolute atomic E-state index is 0.183. The Hall–Kier alpha value is -1.49. The summed E-state index contributed by atoms with van der Waals surface area (Å²) in [6.07, 6.45) is -1.63. The summed E-state index contributed by atoms with van der Waals surface area (Å²) in [6, 6.07) is 3.28. The molecule has 74 valence electrons. The first-order valence-electron chi connectivity index (χ1n) is 4.08. The van der Waals surface area contributed by atoms with Gasteiger partial charge < -0.3 is 10.1 Å². The maximum atomic E-state index is 12.2. The van der Waals surface area contributed by atoms with Crippen molar-refractivity contribution >= 4 is 11.0 Å². The fraction of sp³-hybridized carbons (Fsp3) is 0.222. The molecular weight excluding hydrogens is 190 g/mol. The molecule has 2 aromatic rings. The number of aliphatic hydroxyl groups is 1. The highest BCUT2D eigenvalue weighted by Gasteiger charge is 2.22. The fourth-order valence-electron chi connectivity index (χ4n) is 1.36. The number of nitrogens with zero attached hydrogens (tertiary/aromatic N) is 1. The Labute approximate surface area is 78.4 Å². The van der Waals surface area contributed by atoms with E-state index >= 15 is 0 Å². The van der Waals surface area contributed by atoms with Crippen molar-refractivity contribution in [1.29, 1.82) is 0 Å². The number of fused-ring (bicyclic) bond motifs is 1. The summed E-state index contributed by atoms with van der Waals surface area (Å²) in [5.74, 6) is 0. The van der Waals surface area contributed by atoms with E-state index in [1.54, 1.807) is 18.3 Å². The number of aromatic nitrogens is 2. The van der Waals surface area contributed by atoms with Gasteiger partial charge in [0.15, 0.2) is 0 Å². The lowest BCUT2D eigenvalue weighted by atomic mass is 10.1. The zero-order valence-electron chi connectivity index (χ0n) is 7.11. The molecule has 2 N–H and O–H groups in total. The molecule has 0 fully saturated rings. The Bertz CT molecular complexity index is 441. The van der Waals surface area contributed by atoms with E-state index in [1.807, 2.05) is 0 Å². The Morgan fingerprint density at radius 2 is 2.21 bits per heavy atom. The maximum absolute atomic E-state index is 12.2. The first-order valence-corrected chi connectivity index (χ1v) is 4.08. The van der Waals surface area contributed by atoms with Crippen LogP contribution in [0.3, 0.4) is 0 Å². The van der Waals surface area contributed by atoms with Gasteiger partial charge in [-0.1, -0.05) is 0 Å². The van der Waals surface area contributed by atoms with E-state index in [9.17, 15) is 13.9 Å². The summed E-state index contributed by atoms with van der Waals surface area (Å²) in [4.78, 5) is 6.65. The topological polar surface area (TPSA) is 48.9 Å². The largest absolute Gasteiger partial charge is 0.382 e. The SMILES string of the molecule is OC(c1c[nH]c2ncccc12)C(F)F. The van der Waals surface area contributed by atoms with Gasteiger partial charge in [-0.05, 0) is 12.1 Å². The summed E-state index contributed by atoms with van der Waals surface area (Å²) in [5.41, 5.74) is 0.685. The first kappa shape index (κ1) is 9.08. The van der Waals surface area contributed by atoms with Crippen LogP contribution < -0.4 is 0 Å². The summed E-state index contributed by atoms with van der Waals surface area (Å²) in [7, 11) is 0. The average molecular weight is 198 g/mol.